The minimum Gasteiger partial charge on any atom is -0.493 e. The zero-order valence-corrected chi connectivity index (χ0v) is 19.4. The van der Waals surface area contributed by atoms with Crippen molar-refractivity contribution in [1.82, 2.24) is 10.0 Å². The van der Waals surface area contributed by atoms with Crippen LogP contribution in [0.5, 0.6) is 5.75 Å². The summed E-state index contributed by atoms with van der Waals surface area (Å²) in [5.41, 5.74) is 0.935. The van der Waals surface area contributed by atoms with E-state index >= 15 is 0 Å². The number of ether oxygens (including phenoxy) is 1. The van der Waals surface area contributed by atoms with Crippen molar-refractivity contribution in [2.75, 3.05) is 7.11 Å². The first kappa shape index (κ1) is 22.8. The van der Waals surface area contributed by atoms with Crippen LogP contribution in [-0.4, -0.2) is 27.0 Å². The largest absolute Gasteiger partial charge is 0.493 e. The molecule has 1 atom stereocenters. The Kier molecular flexibility index (Phi) is 6.16. The van der Waals surface area contributed by atoms with E-state index in [2.05, 4.69) is 10.0 Å². The van der Waals surface area contributed by atoms with Crippen LogP contribution in [0.1, 0.15) is 55.4 Å². The van der Waals surface area contributed by atoms with Crippen LogP contribution in [0.2, 0.25) is 0 Å². The Labute approximate surface area is 182 Å². The molecule has 1 aromatic heterocycles. The summed E-state index contributed by atoms with van der Waals surface area (Å²) < 4.78 is 39.2. The molecule has 0 spiro atoms. The monoisotopic (exact) mass is 444 g/mol. The van der Waals surface area contributed by atoms with Gasteiger partial charge in [0.2, 0.25) is 10.0 Å². The Hall–Kier alpha value is -2.84. The van der Waals surface area contributed by atoms with Crippen LogP contribution in [0.3, 0.4) is 0 Å². The topological polar surface area (TPSA) is 97.6 Å². The van der Waals surface area contributed by atoms with E-state index in [1.807, 2.05) is 18.2 Å². The average molecular weight is 445 g/mol. The summed E-state index contributed by atoms with van der Waals surface area (Å²) in [6, 6.07) is 11.5. The second kappa shape index (κ2) is 8.36. The Balaban J connectivity index is 1.86. The van der Waals surface area contributed by atoms with Crippen LogP contribution >= 0.6 is 0 Å². The molecule has 0 fully saturated rings. The molecule has 31 heavy (non-hydrogen) atoms. The van der Waals surface area contributed by atoms with E-state index in [1.54, 1.807) is 53.9 Å². The number of nitrogens with one attached hydrogen (secondary N) is 2. The molecule has 0 aliphatic rings. The van der Waals surface area contributed by atoms with Gasteiger partial charge in [0.05, 0.1) is 18.0 Å². The molecule has 1 unspecified atom stereocenters. The third-order valence-corrected chi connectivity index (χ3v) is 6.48. The van der Waals surface area contributed by atoms with Crippen LogP contribution in [0.25, 0.3) is 11.0 Å². The highest BCUT2D eigenvalue weighted by molar-refractivity contribution is 7.89. The molecule has 0 saturated carbocycles. The van der Waals surface area contributed by atoms with Gasteiger partial charge >= 0.3 is 0 Å². The van der Waals surface area contributed by atoms with Gasteiger partial charge in [-0.3, -0.25) is 4.79 Å². The van der Waals surface area contributed by atoms with E-state index in [4.69, 9.17) is 9.15 Å². The number of hydrogen-bond donors (Lipinski definition) is 2. The van der Waals surface area contributed by atoms with Crippen molar-refractivity contribution in [3.8, 4) is 5.75 Å². The van der Waals surface area contributed by atoms with E-state index in [1.165, 1.54) is 12.1 Å². The summed E-state index contributed by atoms with van der Waals surface area (Å²) in [6.07, 6.45) is 0. The highest BCUT2D eigenvalue weighted by Crippen LogP contribution is 2.31. The normalized spacial score (nSPS) is 13.2. The lowest BCUT2D eigenvalue weighted by molar-refractivity contribution is 0.0935. The predicted octanol–water partition coefficient (Wildman–Crippen LogP) is 4.32. The minimum absolute atomic E-state index is 0.0410. The molecule has 3 rings (SSSR count). The van der Waals surface area contributed by atoms with Gasteiger partial charge in [-0.15, -0.1) is 0 Å². The summed E-state index contributed by atoms with van der Waals surface area (Å²) >= 11 is 0. The van der Waals surface area contributed by atoms with Crippen LogP contribution in [0.15, 0.2) is 51.8 Å². The summed E-state index contributed by atoms with van der Waals surface area (Å²) in [5.74, 6) is 0.802. The number of fused-ring (bicyclic) bond motifs is 1. The van der Waals surface area contributed by atoms with Gasteiger partial charge in [-0.05, 0) is 64.4 Å². The molecule has 0 radical (unpaired) electrons. The molecule has 1 heterocycles. The summed E-state index contributed by atoms with van der Waals surface area (Å²) in [5, 5.41) is 3.76. The molecule has 2 aromatic carbocycles. The zero-order valence-electron chi connectivity index (χ0n) is 18.6. The Morgan fingerprint density at radius 2 is 1.84 bits per heavy atom. The SMILES string of the molecule is COc1cccc2cc(C(C)NC(=O)c3cc(S(=O)(=O)NC(C)(C)C)ccc3C)oc12. The Morgan fingerprint density at radius 1 is 1.13 bits per heavy atom. The van der Waals surface area contributed by atoms with Crippen molar-refractivity contribution in [2.24, 2.45) is 0 Å². The lowest BCUT2D eigenvalue weighted by atomic mass is 10.1. The van der Waals surface area contributed by atoms with E-state index < -0.39 is 21.6 Å². The average Bonchev–Trinajstić information content (AvgIpc) is 3.10. The highest BCUT2D eigenvalue weighted by Gasteiger charge is 2.24. The Bertz CT molecular complexity index is 1220. The minimum atomic E-state index is -3.76. The standard InChI is InChI=1S/C23H28N2O5S/c1-14-10-11-17(31(27,28)25-23(3,4)5)13-18(14)22(26)24-15(2)20-12-16-8-7-9-19(29-6)21(16)30-20/h7-13,15,25H,1-6H3,(H,24,26). The molecule has 2 N–H and O–H groups in total. The molecule has 7 nitrogen and oxygen atoms in total. The summed E-state index contributed by atoms with van der Waals surface area (Å²) in [7, 11) is -2.19. The first-order valence-electron chi connectivity index (χ1n) is 9.93. The maximum absolute atomic E-state index is 13.0. The smallest absolute Gasteiger partial charge is 0.252 e. The predicted molar refractivity (Wildman–Crippen MR) is 120 cm³/mol. The number of benzene rings is 2. The highest BCUT2D eigenvalue weighted by atomic mass is 32.2. The van der Waals surface area contributed by atoms with Crippen molar-refractivity contribution in [1.29, 1.82) is 0 Å². The van der Waals surface area contributed by atoms with Gasteiger partial charge in [0.15, 0.2) is 11.3 Å². The molecule has 0 aliphatic heterocycles. The van der Waals surface area contributed by atoms with Crippen molar-refractivity contribution >= 4 is 26.9 Å². The number of carbonyl (C=O) groups is 1. The van der Waals surface area contributed by atoms with E-state index in [9.17, 15) is 13.2 Å². The first-order chi connectivity index (χ1) is 14.4. The molecular formula is C23H28N2O5S. The number of furan rings is 1. The van der Waals surface area contributed by atoms with Crippen molar-refractivity contribution in [3.63, 3.8) is 0 Å². The molecule has 1 amide bonds. The lowest BCUT2D eigenvalue weighted by Crippen LogP contribution is -2.40. The van der Waals surface area contributed by atoms with Crippen molar-refractivity contribution in [2.45, 2.75) is 51.1 Å². The Morgan fingerprint density at radius 3 is 2.48 bits per heavy atom. The van der Waals surface area contributed by atoms with Crippen LogP contribution < -0.4 is 14.8 Å². The van der Waals surface area contributed by atoms with Gasteiger partial charge in [0.1, 0.15) is 5.76 Å². The molecule has 0 bridgehead atoms. The van der Waals surface area contributed by atoms with E-state index in [-0.39, 0.29) is 16.4 Å². The van der Waals surface area contributed by atoms with E-state index in [0.717, 1.165) is 5.39 Å². The summed E-state index contributed by atoms with van der Waals surface area (Å²) in [4.78, 5) is 13.0. The van der Waals surface area contributed by atoms with Gasteiger partial charge in [-0.1, -0.05) is 18.2 Å². The fourth-order valence-electron chi connectivity index (χ4n) is 3.25. The van der Waals surface area contributed by atoms with Crippen molar-refractivity contribution < 1.29 is 22.4 Å². The number of aryl methyl sites for hydroxylation is 1. The number of para-hydroxylation sites is 1. The molecule has 166 valence electrons. The van der Waals surface area contributed by atoms with Gasteiger partial charge in [0.25, 0.3) is 5.91 Å². The second-order valence-electron chi connectivity index (χ2n) is 8.55. The van der Waals surface area contributed by atoms with Crippen LogP contribution in [0.4, 0.5) is 0 Å². The maximum Gasteiger partial charge on any atom is 0.252 e. The fourth-order valence-corrected chi connectivity index (χ4v) is 4.70. The number of carbonyl (C=O) groups excluding carboxylic acids is 1. The van der Waals surface area contributed by atoms with Gasteiger partial charge in [-0.2, -0.15) is 0 Å². The first-order valence-corrected chi connectivity index (χ1v) is 11.4. The zero-order chi connectivity index (χ0) is 23.0. The number of amides is 1. The maximum atomic E-state index is 13.0. The van der Waals surface area contributed by atoms with Crippen molar-refractivity contribution in [3.05, 3.63) is 59.4 Å². The van der Waals surface area contributed by atoms with Gasteiger partial charge < -0.3 is 14.5 Å². The van der Waals surface area contributed by atoms with Crippen LogP contribution in [0, 0.1) is 6.92 Å². The third kappa shape index (κ3) is 5.08. The van der Waals surface area contributed by atoms with Gasteiger partial charge in [-0.25, -0.2) is 13.1 Å². The molecule has 0 aliphatic carbocycles. The quantitative estimate of drug-likeness (QED) is 0.590. The molecule has 0 saturated heterocycles. The van der Waals surface area contributed by atoms with E-state index in [0.29, 0.717) is 22.7 Å². The number of rotatable bonds is 6. The molecular weight excluding hydrogens is 416 g/mol. The molecule has 3 aromatic rings. The number of methoxy groups -OCH3 is 1. The second-order valence-corrected chi connectivity index (χ2v) is 10.2. The fraction of sp³-hybridized carbons (Fsp3) is 0.348. The number of sulfonamides is 1. The summed E-state index contributed by atoms with van der Waals surface area (Å²) in [6.45, 7) is 8.85. The van der Waals surface area contributed by atoms with Gasteiger partial charge in [0, 0.05) is 16.5 Å². The molecule has 8 heteroatoms. The number of hydrogen-bond acceptors (Lipinski definition) is 5. The third-order valence-electron chi connectivity index (χ3n) is 4.73. The van der Waals surface area contributed by atoms with Crippen LogP contribution in [-0.2, 0) is 10.0 Å². The lowest BCUT2D eigenvalue weighted by Gasteiger charge is -2.21.